The predicted octanol–water partition coefficient (Wildman–Crippen LogP) is 1.96. The van der Waals surface area contributed by atoms with Crippen LogP contribution in [0.25, 0.3) is 0 Å². The van der Waals surface area contributed by atoms with E-state index in [1.54, 1.807) is 27.6 Å². The normalized spacial score (nSPS) is 13.6. The molecule has 0 heterocycles. The molecule has 2 unspecified atom stereocenters. The van der Waals surface area contributed by atoms with E-state index in [1.807, 2.05) is 12.1 Å². The lowest BCUT2D eigenvalue weighted by atomic mass is 10.1. The second-order valence-electron chi connectivity index (χ2n) is 4.86. The first-order valence-electron chi connectivity index (χ1n) is 6.84. The molecule has 0 aromatic heterocycles. The number of ether oxygens (including phenoxy) is 3. The number of hydrogen-bond acceptors (Lipinski definition) is 5. The molecule has 1 aromatic carbocycles. The Labute approximate surface area is 129 Å². The van der Waals surface area contributed by atoms with E-state index in [1.165, 1.54) is 0 Å². The Morgan fingerprint density at radius 3 is 2.14 bits per heavy atom. The summed E-state index contributed by atoms with van der Waals surface area (Å²) < 4.78 is 27.2. The fourth-order valence-corrected chi connectivity index (χ4v) is 2.66. The van der Waals surface area contributed by atoms with Crippen molar-refractivity contribution in [2.24, 2.45) is 0 Å². The van der Waals surface area contributed by atoms with Crippen molar-refractivity contribution in [2.75, 3.05) is 33.3 Å². The summed E-state index contributed by atoms with van der Waals surface area (Å²) >= 11 is 0. The Kier molecular flexibility index (Phi) is 7.53. The van der Waals surface area contributed by atoms with Crippen molar-refractivity contribution in [1.82, 2.24) is 5.32 Å². The van der Waals surface area contributed by atoms with Crippen LogP contribution in [0.1, 0.15) is 18.9 Å². The van der Waals surface area contributed by atoms with Crippen molar-refractivity contribution >= 4 is 10.8 Å². The summed E-state index contributed by atoms with van der Waals surface area (Å²) in [6.45, 7) is 2.70. The third-order valence-electron chi connectivity index (χ3n) is 3.28. The first kappa shape index (κ1) is 17.8. The number of methoxy groups -OCH3 is 3. The summed E-state index contributed by atoms with van der Waals surface area (Å²) in [4.78, 5) is 0. The van der Waals surface area contributed by atoms with Crippen LogP contribution >= 0.6 is 0 Å². The van der Waals surface area contributed by atoms with Gasteiger partial charge < -0.3 is 19.5 Å². The first-order valence-corrected chi connectivity index (χ1v) is 8.56. The fraction of sp³-hybridized carbons (Fsp3) is 0.600. The van der Waals surface area contributed by atoms with Crippen LogP contribution in [0, 0.1) is 0 Å². The van der Waals surface area contributed by atoms with Crippen LogP contribution in [-0.2, 0) is 17.3 Å². The van der Waals surface area contributed by atoms with Gasteiger partial charge in [-0.15, -0.1) is 0 Å². The quantitative estimate of drug-likeness (QED) is 0.755. The van der Waals surface area contributed by atoms with Crippen molar-refractivity contribution in [1.29, 1.82) is 0 Å². The van der Waals surface area contributed by atoms with Gasteiger partial charge in [-0.3, -0.25) is 4.21 Å². The molecule has 0 aliphatic rings. The zero-order valence-electron chi connectivity index (χ0n) is 13.4. The van der Waals surface area contributed by atoms with Crippen LogP contribution in [0.5, 0.6) is 17.2 Å². The van der Waals surface area contributed by atoms with Gasteiger partial charge in [0.1, 0.15) is 17.2 Å². The molecule has 0 spiro atoms. The summed E-state index contributed by atoms with van der Waals surface area (Å²) in [5.41, 5.74) is 0.949. The van der Waals surface area contributed by atoms with Crippen molar-refractivity contribution in [3.05, 3.63) is 17.7 Å². The molecule has 0 saturated carbocycles. The highest BCUT2D eigenvalue weighted by atomic mass is 32.2. The molecule has 0 bridgehead atoms. The maximum atomic E-state index is 11.1. The van der Waals surface area contributed by atoms with Crippen molar-refractivity contribution < 1.29 is 18.4 Å². The van der Waals surface area contributed by atoms with Crippen LogP contribution in [0.2, 0.25) is 0 Å². The maximum Gasteiger partial charge on any atom is 0.130 e. The molecule has 0 aliphatic carbocycles. The molecule has 0 amide bonds. The molecule has 0 radical (unpaired) electrons. The van der Waals surface area contributed by atoms with E-state index in [0.717, 1.165) is 23.5 Å². The Bertz CT molecular complexity index is 454. The highest BCUT2D eigenvalue weighted by Gasteiger charge is 2.14. The monoisotopic (exact) mass is 315 g/mol. The van der Waals surface area contributed by atoms with Gasteiger partial charge in [0.25, 0.3) is 0 Å². The zero-order chi connectivity index (χ0) is 15.8. The van der Waals surface area contributed by atoms with E-state index >= 15 is 0 Å². The lowest BCUT2D eigenvalue weighted by Crippen LogP contribution is -2.27. The average molecular weight is 315 g/mol. The van der Waals surface area contributed by atoms with Gasteiger partial charge in [-0.25, -0.2) is 0 Å². The Morgan fingerprint density at radius 2 is 1.71 bits per heavy atom. The van der Waals surface area contributed by atoms with Crippen LogP contribution in [0.3, 0.4) is 0 Å². The van der Waals surface area contributed by atoms with E-state index in [9.17, 15) is 4.21 Å². The molecule has 1 N–H and O–H groups in total. The number of rotatable bonds is 9. The van der Waals surface area contributed by atoms with Crippen molar-refractivity contribution in [2.45, 2.75) is 25.9 Å². The lowest BCUT2D eigenvalue weighted by molar-refractivity contribution is 0.364. The topological polar surface area (TPSA) is 56.8 Å². The van der Waals surface area contributed by atoms with Gasteiger partial charge in [0.05, 0.1) is 26.9 Å². The molecule has 120 valence electrons. The smallest absolute Gasteiger partial charge is 0.130 e. The predicted molar refractivity (Wildman–Crippen MR) is 86.0 cm³/mol. The molecule has 0 saturated heterocycles. The second-order valence-corrected chi connectivity index (χ2v) is 6.41. The van der Waals surface area contributed by atoms with E-state index in [4.69, 9.17) is 14.2 Å². The second kappa shape index (κ2) is 8.89. The van der Waals surface area contributed by atoms with Crippen molar-refractivity contribution in [3.8, 4) is 17.2 Å². The zero-order valence-corrected chi connectivity index (χ0v) is 14.2. The Hall–Kier alpha value is -1.27. The number of benzene rings is 1. The summed E-state index contributed by atoms with van der Waals surface area (Å²) in [5, 5.41) is 3.41. The van der Waals surface area contributed by atoms with Gasteiger partial charge in [0, 0.05) is 47.5 Å². The number of hydrogen-bond donors (Lipinski definition) is 1. The summed E-state index contributed by atoms with van der Waals surface area (Å²) in [7, 11) is 4.11. The Balaban J connectivity index is 2.79. The standard InChI is InChI=1S/C15H25NO4S/c1-11(6-7-21(5)17)16-10-13-14(19-3)8-12(18-2)9-15(13)20-4/h8-9,11,16H,6-7,10H2,1-5H3. The van der Waals surface area contributed by atoms with Gasteiger partial charge in [0.15, 0.2) is 0 Å². The van der Waals surface area contributed by atoms with Gasteiger partial charge in [-0.1, -0.05) is 0 Å². The fourth-order valence-electron chi connectivity index (χ4n) is 1.97. The van der Waals surface area contributed by atoms with E-state index < -0.39 is 10.8 Å². The minimum atomic E-state index is -0.756. The summed E-state index contributed by atoms with van der Waals surface area (Å²) in [6.07, 6.45) is 2.59. The summed E-state index contributed by atoms with van der Waals surface area (Å²) in [6, 6.07) is 3.95. The molecule has 0 fully saturated rings. The SMILES string of the molecule is COc1cc(OC)c(CNC(C)CCS(C)=O)c(OC)c1. The van der Waals surface area contributed by atoms with E-state index in [0.29, 0.717) is 18.0 Å². The first-order chi connectivity index (χ1) is 10.0. The van der Waals surface area contributed by atoms with E-state index in [2.05, 4.69) is 12.2 Å². The summed E-state index contributed by atoms with van der Waals surface area (Å²) in [5.74, 6) is 2.85. The van der Waals surface area contributed by atoms with Crippen LogP contribution in [0.4, 0.5) is 0 Å². The third-order valence-corrected chi connectivity index (χ3v) is 4.09. The molecule has 6 heteroatoms. The third kappa shape index (κ3) is 5.55. The minimum absolute atomic E-state index is 0.269. The van der Waals surface area contributed by atoms with Crippen LogP contribution < -0.4 is 19.5 Å². The van der Waals surface area contributed by atoms with Crippen LogP contribution in [0.15, 0.2) is 12.1 Å². The minimum Gasteiger partial charge on any atom is -0.496 e. The average Bonchev–Trinajstić information content (AvgIpc) is 2.49. The Morgan fingerprint density at radius 1 is 1.14 bits per heavy atom. The molecule has 5 nitrogen and oxygen atoms in total. The molecule has 21 heavy (non-hydrogen) atoms. The van der Waals surface area contributed by atoms with Gasteiger partial charge >= 0.3 is 0 Å². The van der Waals surface area contributed by atoms with Crippen molar-refractivity contribution in [3.63, 3.8) is 0 Å². The van der Waals surface area contributed by atoms with Gasteiger partial charge in [-0.05, 0) is 13.3 Å². The molecule has 2 atom stereocenters. The lowest BCUT2D eigenvalue weighted by Gasteiger charge is -2.18. The molecule has 1 aromatic rings. The highest BCUT2D eigenvalue weighted by Crippen LogP contribution is 2.33. The molecule has 0 aliphatic heterocycles. The highest BCUT2D eigenvalue weighted by molar-refractivity contribution is 7.84. The molecular weight excluding hydrogens is 290 g/mol. The van der Waals surface area contributed by atoms with E-state index in [-0.39, 0.29) is 6.04 Å². The van der Waals surface area contributed by atoms with Crippen LogP contribution in [-0.4, -0.2) is 43.6 Å². The number of nitrogens with one attached hydrogen (secondary N) is 1. The largest absolute Gasteiger partial charge is 0.496 e. The maximum absolute atomic E-state index is 11.1. The van der Waals surface area contributed by atoms with Gasteiger partial charge in [-0.2, -0.15) is 0 Å². The van der Waals surface area contributed by atoms with Gasteiger partial charge in [0.2, 0.25) is 0 Å². The molecule has 1 rings (SSSR count). The molecular formula is C15H25NO4S.